The van der Waals surface area contributed by atoms with Gasteiger partial charge in [0.15, 0.2) is 0 Å². The molecule has 104 valence electrons. The van der Waals surface area contributed by atoms with Crippen LogP contribution in [0.3, 0.4) is 0 Å². The average Bonchev–Trinajstić information content (AvgIpc) is 3.00. The molecule has 2 aromatic rings. The monoisotopic (exact) mass is 270 g/mol. The third-order valence-electron chi connectivity index (χ3n) is 3.30. The van der Waals surface area contributed by atoms with Gasteiger partial charge in [-0.25, -0.2) is 0 Å². The lowest BCUT2D eigenvalue weighted by molar-refractivity contribution is 0.0254. The number of pyridine rings is 1. The SMILES string of the molecule is C(=Cc1cncc(OC2CCOCC2)c1)c1cc[nH]c1. The standard InChI is InChI=1S/C16H18N2O2/c1(13-3-6-17-10-13)2-14-9-16(12-18-11-14)20-15-4-7-19-8-5-15/h1-3,6,9-12,15,17H,4-5,7-8H2. The molecule has 4 heteroatoms. The van der Waals surface area contributed by atoms with E-state index in [1.54, 1.807) is 6.20 Å². The van der Waals surface area contributed by atoms with Gasteiger partial charge in [-0.05, 0) is 23.3 Å². The van der Waals surface area contributed by atoms with Crippen molar-refractivity contribution in [3.05, 3.63) is 48.0 Å². The van der Waals surface area contributed by atoms with Crippen molar-refractivity contribution in [3.8, 4) is 5.75 Å². The Hall–Kier alpha value is -2.07. The lowest BCUT2D eigenvalue weighted by Gasteiger charge is -2.23. The molecular formula is C16H18N2O2. The smallest absolute Gasteiger partial charge is 0.138 e. The summed E-state index contributed by atoms with van der Waals surface area (Å²) in [5.41, 5.74) is 2.18. The van der Waals surface area contributed by atoms with Crippen LogP contribution in [0.1, 0.15) is 24.0 Å². The van der Waals surface area contributed by atoms with Crippen molar-refractivity contribution >= 4 is 12.2 Å². The number of ether oxygens (including phenoxy) is 2. The molecule has 0 unspecified atom stereocenters. The molecule has 3 rings (SSSR count). The minimum absolute atomic E-state index is 0.245. The Morgan fingerprint density at radius 1 is 1.20 bits per heavy atom. The first-order valence-corrected chi connectivity index (χ1v) is 6.90. The van der Waals surface area contributed by atoms with Crippen molar-refractivity contribution in [2.75, 3.05) is 13.2 Å². The molecule has 3 heterocycles. The maximum Gasteiger partial charge on any atom is 0.138 e. The number of aromatic amines is 1. The van der Waals surface area contributed by atoms with Crippen LogP contribution in [0.15, 0.2) is 36.9 Å². The number of nitrogens with zero attached hydrogens (tertiary/aromatic N) is 1. The molecule has 0 radical (unpaired) electrons. The highest BCUT2D eigenvalue weighted by molar-refractivity contribution is 5.69. The third-order valence-corrected chi connectivity index (χ3v) is 3.30. The highest BCUT2D eigenvalue weighted by Gasteiger charge is 2.15. The summed E-state index contributed by atoms with van der Waals surface area (Å²) in [4.78, 5) is 7.26. The fraction of sp³-hybridized carbons (Fsp3) is 0.312. The summed E-state index contributed by atoms with van der Waals surface area (Å²) in [5, 5.41) is 0. The van der Waals surface area contributed by atoms with E-state index in [0.29, 0.717) is 0 Å². The first kappa shape index (κ1) is 12.9. The molecule has 0 aromatic carbocycles. The lowest BCUT2D eigenvalue weighted by Crippen LogP contribution is -2.25. The van der Waals surface area contributed by atoms with E-state index in [4.69, 9.17) is 9.47 Å². The topological polar surface area (TPSA) is 47.1 Å². The summed E-state index contributed by atoms with van der Waals surface area (Å²) < 4.78 is 11.3. The minimum Gasteiger partial charge on any atom is -0.489 e. The fourth-order valence-electron chi connectivity index (χ4n) is 2.21. The van der Waals surface area contributed by atoms with Gasteiger partial charge in [0.05, 0.1) is 19.4 Å². The first-order valence-electron chi connectivity index (χ1n) is 6.90. The van der Waals surface area contributed by atoms with E-state index >= 15 is 0 Å². The molecule has 0 saturated carbocycles. The zero-order chi connectivity index (χ0) is 13.6. The minimum atomic E-state index is 0.245. The van der Waals surface area contributed by atoms with Crippen LogP contribution in [0.25, 0.3) is 12.2 Å². The van der Waals surface area contributed by atoms with E-state index in [2.05, 4.69) is 9.97 Å². The highest BCUT2D eigenvalue weighted by atomic mass is 16.5. The van der Waals surface area contributed by atoms with Crippen LogP contribution in [-0.4, -0.2) is 29.3 Å². The second-order valence-corrected chi connectivity index (χ2v) is 4.86. The number of rotatable bonds is 4. The van der Waals surface area contributed by atoms with Gasteiger partial charge >= 0.3 is 0 Å². The van der Waals surface area contributed by atoms with Crippen LogP contribution in [0.5, 0.6) is 5.75 Å². The molecule has 1 N–H and O–H groups in total. The fourth-order valence-corrected chi connectivity index (χ4v) is 2.21. The molecule has 0 bridgehead atoms. The van der Waals surface area contributed by atoms with Gasteiger partial charge in [-0.3, -0.25) is 4.98 Å². The Morgan fingerprint density at radius 2 is 2.05 bits per heavy atom. The maximum atomic E-state index is 5.95. The summed E-state index contributed by atoms with van der Waals surface area (Å²) in [6, 6.07) is 4.04. The van der Waals surface area contributed by atoms with E-state index in [0.717, 1.165) is 42.9 Å². The van der Waals surface area contributed by atoms with Crippen molar-refractivity contribution in [2.24, 2.45) is 0 Å². The van der Waals surface area contributed by atoms with Gasteiger partial charge in [0.25, 0.3) is 0 Å². The van der Waals surface area contributed by atoms with Gasteiger partial charge in [-0.15, -0.1) is 0 Å². The van der Waals surface area contributed by atoms with Crippen molar-refractivity contribution in [2.45, 2.75) is 18.9 Å². The molecule has 0 amide bonds. The summed E-state index contributed by atoms with van der Waals surface area (Å²) in [7, 11) is 0. The van der Waals surface area contributed by atoms with Gasteiger partial charge in [0.1, 0.15) is 11.9 Å². The van der Waals surface area contributed by atoms with Crippen LogP contribution in [0.2, 0.25) is 0 Å². The average molecular weight is 270 g/mol. The Labute approximate surface area is 118 Å². The van der Waals surface area contributed by atoms with Crippen molar-refractivity contribution in [1.29, 1.82) is 0 Å². The third kappa shape index (κ3) is 3.48. The number of nitrogens with one attached hydrogen (secondary N) is 1. The lowest BCUT2D eigenvalue weighted by atomic mass is 10.1. The number of hydrogen-bond donors (Lipinski definition) is 1. The molecule has 2 aromatic heterocycles. The van der Waals surface area contributed by atoms with Crippen LogP contribution in [-0.2, 0) is 4.74 Å². The molecule has 1 saturated heterocycles. The molecule has 0 aliphatic carbocycles. The molecule has 1 aliphatic rings. The van der Waals surface area contributed by atoms with Crippen molar-refractivity contribution < 1.29 is 9.47 Å². The van der Waals surface area contributed by atoms with Gasteiger partial charge in [0.2, 0.25) is 0 Å². The zero-order valence-corrected chi connectivity index (χ0v) is 11.3. The molecule has 1 aliphatic heterocycles. The molecule has 4 nitrogen and oxygen atoms in total. The number of hydrogen-bond acceptors (Lipinski definition) is 3. The highest BCUT2D eigenvalue weighted by Crippen LogP contribution is 2.19. The molecule has 0 atom stereocenters. The van der Waals surface area contributed by atoms with Crippen LogP contribution in [0.4, 0.5) is 0 Å². The van der Waals surface area contributed by atoms with E-state index in [1.807, 2.05) is 42.9 Å². The van der Waals surface area contributed by atoms with Crippen molar-refractivity contribution in [1.82, 2.24) is 9.97 Å². The normalized spacial score (nSPS) is 16.6. The summed E-state index contributed by atoms with van der Waals surface area (Å²) in [5.74, 6) is 0.827. The van der Waals surface area contributed by atoms with E-state index in [9.17, 15) is 0 Å². The molecular weight excluding hydrogens is 252 g/mol. The second kappa shape index (κ2) is 6.39. The zero-order valence-electron chi connectivity index (χ0n) is 11.3. The summed E-state index contributed by atoms with van der Waals surface area (Å²) in [6.07, 6.45) is 13.7. The van der Waals surface area contributed by atoms with Crippen LogP contribution < -0.4 is 4.74 Å². The predicted molar refractivity (Wildman–Crippen MR) is 78.4 cm³/mol. The van der Waals surface area contributed by atoms with Crippen molar-refractivity contribution in [3.63, 3.8) is 0 Å². The predicted octanol–water partition coefficient (Wildman–Crippen LogP) is 3.14. The maximum absolute atomic E-state index is 5.95. The molecule has 0 spiro atoms. The summed E-state index contributed by atoms with van der Waals surface area (Å²) >= 11 is 0. The summed E-state index contributed by atoms with van der Waals surface area (Å²) in [6.45, 7) is 1.57. The van der Waals surface area contributed by atoms with E-state index < -0.39 is 0 Å². The van der Waals surface area contributed by atoms with Gasteiger partial charge in [0, 0.05) is 31.4 Å². The molecule has 20 heavy (non-hydrogen) atoms. The Bertz CT molecular complexity index is 558. The Kier molecular flexibility index (Phi) is 4.13. The number of H-pyrrole nitrogens is 1. The first-order chi connectivity index (χ1) is 9.90. The van der Waals surface area contributed by atoms with Crippen LogP contribution >= 0.6 is 0 Å². The largest absolute Gasteiger partial charge is 0.489 e. The van der Waals surface area contributed by atoms with E-state index in [1.165, 1.54) is 0 Å². The Morgan fingerprint density at radius 3 is 2.85 bits per heavy atom. The van der Waals surface area contributed by atoms with Gasteiger partial charge in [-0.2, -0.15) is 0 Å². The second-order valence-electron chi connectivity index (χ2n) is 4.86. The van der Waals surface area contributed by atoms with Gasteiger partial charge < -0.3 is 14.5 Å². The van der Waals surface area contributed by atoms with Gasteiger partial charge in [-0.1, -0.05) is 12.2 Å². The van der Waals surface area contributed by atoms with Crippen LogP contribution in [0, 0.1) is 0 Å². The molecule has 1 fully saturated rings. The number of aromatic nitrogens is 2. The Balaban J connectivity index is 1.66. The van der Waals surface area contributed by atoms with E-state index in [-0.39, 0.29) is 6.10 Å². The quantitative estimate of drug-likeness (QED) is 0.928.